The lowest BCUT2D eigenvalue weighted by atomic mass is 10.00. The van der Waals surface area contributed by atoms with Crippen molar-refractivity contribution in [3.63, 3.8) is 0 Å². The molecule has 0 unspecified atom stereocenters. The number of benzene rings is 1. The summed E-state index contributed by atoms with van der Waals surface area (Å²) in [6.07, 6.45) is 0.0375. The molecule has 1 aromatic rings. The van der Waals surface area contributed by atoms with E-state index in [2.05, 4.69) is 17.4 Å². The smallest absolute Gasteiger partial charge is 0.310 e. The molecule has 3 nitrogen and oxygen atoms in total. The molecule has 0 radical (unpaired) electrons. The maximum absolute atomic E-state index is 11.2. The van der Waals surface area contributed by atoms with Gasteiger partial charge < -0.3 is 4.74 Å². The quantitative estimate of drug-likeness (QED) is 0.512. The second-order valence-corrected chi connectivity index (χ2v) is 3.84. The van der Waals surface area contributed by atoms with Crippen molar-refractivity contribution in [2.45, 2.75) is 17.2 Å². The first-order valence-electron chi connectivity index (χ1n) is 4.50. The number of carbonyl (C=O) groups is 1. The number of hydrogen-bond donors (Lipinski definition) is 1. The highest BCUT2D eigenvalue weighted by atomic mass is 35.5. The summed E-state index contributed by atoms with van der Waals surface area (Å²) in [6, 6.07) is 5.34. The molecule has 0 heterocycles. The number of ether oxygens (including phenoxy) is 1. The molecule has 0 aliphatic carbocycles. The third kappa shape index (κ3) is 2.69. The molecule has 0 amide bonds. The van der Waals surface area contributed by atoms with Gasteiger partial charge in [-0.15, -0.1) is 24.2 Å². The Balaban J connectivity index is 3.26. The van der Waals surface area contributed by atoms with Crippen LogP contribution in [0.25, 0.3) is 0 Å². The molecule has 5 heteroatoms. The fourth-order valence-corrected chi connectivity index (χ4v) is 2.04. The molecule has 1 aromatic carbocycles. The highest BCUT2D eigenvalue weighted by Crippen LogP contribution is 2.24. The molecule has 0 saturated heterocycles. The van der Waals surface area contributed by atoms with Gasteiger partial charge in [-0.2, -0.15) is 5.26 Å². The number of nitrogens with zero attached hydrogens (tertiary/aromatic N) is 1. The predicted molar refractivity (Wildman–Crippen MR) is 63.7 cm³/mol. The molecule has 0 aliphatic rings. The van der Waals surface area contributed by atoms with Crippen LogP contribution in [-0.2, 0) is 21.8 Å². The van der Waals surface area contributed by atoms with Crippen LogP contribution in [0.1, 0.15) is 16.7 Å². The van der Waals surface area contributed by atoms with E-state index >= 15 is 0 Å². The van der Waals surface area contributed by atoms with Gasteiger partial charge in [-0.1, -0.05) is 0 Å². The standard InChI is InChI=1S/C11H10ClNO2S/c1-15-11(14)4-8-7(6-13)2-3-10(16)9(8)5-12/h2-3,16H,4-5H2,1H3. The van der Waals surface area contributed by atoms with Gasteiger partial charge >= 0.3 is 5.97 Å². The first kappa shape index (κ1) is 12.9. The normalized spacial score (nSPS) is 9.62. The lowest BCUT2D eigenvalue weighted by Gasteiger charge is -2.10. The largest absolute Gasteiger partial charge is 0.469 e. The Labute approximate surface area is 104 Å². The number of alkyl halides is 1. The van der Waals surface area contributed by atoms with Crippen molar-refractivity contribution >= 4 is 30.2 Å². The fourth-order valence-electron chi connectivity index (χ4n) is 1.35. The van der Waals surface area contributed by atoms with Crippen LogP contribution in [0.15, 0.2) is 17.0 Å². The van der Waals surface area contributed by atoms with Crippen LogP contribution in [0, 0.1) is 11.3 Å². The summed E-state index contributed by atoms with van der Waals surface area (Å²) in [5.41, 5.74) is 1.73. The lowest BCUT2D eigenvalue weighted by molar-refractivity contribution is -0.139. The van der Waals surface area contributed by atoms with Gasteiger partial charge in [0.25, 0.3) is 0 Å². The lowest BCUT2D eigenvalue weighted by Crippen LogP contribution is -2.09. The molecule has 0 atom stereocenters. The van der Waals surface area contributed by atoms with E-state index < -0.39 is 5.97 Å². The van der Waals surface area contributed by atoms with E-state index in [0.717, 1.165) is 0 Å². The predicted octanol–water partition coefficient (Wildman–Crippen LogP) is 2.30. The van der Waals surface area contributed by atoms with Gasteiger partial charge in [0.15, 0.2) is 0 Å². The number of carbonyl (C=O) groups excluding carboxylic acids is 1. The summed E-state index contributed by atoms with van der Waals surface area (Å²) >= 11 is 10.0. The number of halogens is 1. The Morgan fingerprint density at radius 3 is 2.75 bits per heavy atom. The molecular formula is C11H10ClNO2S. The van der Waals surface area contributed by atoms with Gasteiger partial charge in [0, 0.05) is 10.8 Å². The van der Waals surface area contributed by atoms with Gasteiger partial charge in [0.2, 0.25) is 0 Å². The summed E-state index contributed by atoms with van der Waals surface area (Å²) in [6.45, 7) is 0. The highest BCUT2D eigenvalue weighted by Gasteiger charge is 2.14. The Hall–Kier alpha value is -1.18. The topological polar surface area (TPSA) is 50.1 Å². The zero-order valence-electron chi connectivity index (χ0n) is 8.66. The number of methoxy groups -OCH3 is 1. The molecule has 0 N–H and O–H groups in total. The van der Waals surface area contributed by atoms with Gasteiger partial charge in [0.05, 0.1) is 25.2 Å². The Morgan fingerprint density at radius 1 is 1.56 bits per heavy atom. The SMILES string of the molecule is COC(=O)Cc1c(C#N)ccc(S)c1CCl. The molecule has 0 saturated carbocycles. The van der Waals surface area contributed by atoms with E-state index in [9.17, 15) is 4.79 Å². The van der Waals surface area contributed by atoms with Crippen molar-refractivity contribution in [1.29, 1.82) is 5.26 Å². The van der Waals surface area contributed by atoms with Crippen molar-refractivity contribution in [2.75, 3.05) is 7.11 Å². The van der Waals surface area contributed by atoms with Crippen LogP contribution in [0.4, 0.5) is 0 Å². The van der Waals surface area contributed by atoms with Gasteiger partial charge in [-0.3, -0.25) is 4.79 Å². The van der Waals surface area contributed by atoms with Crippen LogP contribution < -0.4 is 0 Å². The summed E-state index contributed by atoms with van der Waals surface area (Å²) in [7, 11) is 1.30. The van der Waals surface area contributed by atoms with E-state index in [1.54, 1.807) is 12.1 Å². The van der Waals surface area contributed by atoms with Crippen molar-refractivity contribution in [3.8, 4) is 6.07 Å². The van der Waals surface area contributed by atoms with Crippen LogP contribution >= 0.6 is 24.2 Å². The second kappa shape index (κ2) is 5.78. The minimum absolute atomic E-state index is 0.0375. The third-order valence-electron chi connectivity index (χ3n) is 2.21. The van der Waals surface area contributed by atoms with Gasteiger partial charge in [-0.05, 0) is 23.3 Å². The number of esters is 1. The molecule has 0 aliphatic heterocycles. The molecule has 1 rings (SSSR count). The average Bonchev–Trinajstić information content (AvgIpc) is 2.29. The van der Waals surface area contributed by atoms with Crippen LogP contribution in [0.2, 0.25) is 0 Å². The maximum Gasteiger partial charge on any atom is 0.310 e. The van der Waals surface area contributed by atoms with Crippen LogP contribution in [0.5, 0.6) is 0 Å². The molecule has 0 aromatic heterocycles. The molecule has 0 spiro atoms. The van der Waals surface area contributed by atoms with Crippen molar-refractivity contribution in [2.24, 2.45) is 0 Å². The average molecular weight is 256 g/mol. The fraction of sp³-hybridized carbons (Fsp3) is 0.273. The summed E-state index contributed by atoms with van der Waals surface area (Å²) in [4.78, 5) is 11.9. The number of nitriles is 1. The summed E-state index contributed by atoms with van der Waals surface area (Å²) in [5.74, 6) is -0.192. The Bertz CT molecular complexity index is 454. The zero-order chi connectivity index (χ0) is 12.1. The Kier molecular flexibility index (Phi) is 4.66. The zero-order valence-corrected chi connectivity index (χ0v) is 10.3. The van der Waals surface area contributed by atoms with Gasteiger partial charge in [-0.25, -0.2) is 0 Å². The summed E-state index contributed by atoms with van der Waals surface area (Å²) < 4.78 is 4.58. The van der Waals surface area contributed by atoms with Crippen molar-refractivity contribution < 1.29 is 9.53 Å². The number of rotatable bonds is 3. The van der Waals surface area contributed by atoms with Crippen LogP contribution in [-0.4, -0.2) is 13.1 Å². The first-order chi connectivity index (χ1) is 7.63. The van der Waals surface area contributed by atoms with E-state index in [1.165, 1.54) is 7.11 Å². The monoisotopic (exact) mass is 255 g/mol. The highest BCUT2D eigenvalue weighted by molar-refractivity contribution is 7.80. The first-order valence-corrected chi connectivity index (χ1v) is 5.48. The number of thiol groups is 1. The molecule has 16 heavy (non-hydrogen) atoms. The van der Waals surface area contributed by atoms with E-state index in [1.807, 2.05) is 6.07 Å². The molecular weight excluding hydrogens is 246 g/mol. The van der Waals surface area contributed by atoms with Crippen molar-refractivity contribution in [3.05, 3.63) is 28.8 Å². The molecule has 84 valence electrons. The molecule has 0 bridgehead atoms. The molecule has 0 fully saturated rings. The van der Waals surface area contributed by atoms with E-state index in [4.69, 9.17) is 16.9 Å². The number of hydrogen-bond acceptors (Lipinski definition) is 4. The Morgan fingerprint density at radius 2 is 2.25 bits per heavy atom. The van der Waals surface area contributed by atoms with Crippen LogP contribution in [0.3, 0.4) is 0 Å². The minimum atomic E-state index is -0.401. The van der Waals surface area contributed by atoms with E-state index in [0.29, 0.717) is 21.6 Å². The second-order valence-electron chi connectivity index (χ2n) is 3.09. The maximum atomic E-state index is 11.2. The summed E-state index contributed by atoms with van der Waals surface area (Å²) in [5, 5.41) is 8.94. The third-order valence-corrected chi connectivity index (χ3v) is 2.90. The van der Waals surface area contributed by atoms with E-state index in [-0.39, 0.29) is 12.3 Å². The van der Waals surface area contributed by atoms with Gasteiger partial charge in [0.1, 0.15) is 0 Å². The minimum Gasteiger partial charge on any atom is -0.469 e. The van der Waals surface area contributed by atoms with Crippen molar-refractivity contribution in [1.82, 2.24) is 0 Å².